The van der Waals surface area contributed by atoms with Crippen molar-refractivity contribution < 1.29 is 0 Å². The van der Waals surface area contributed by atoms with E-state index in [2.05, 4.69) is 37.5 Å². The third-order valence-electron chi connectivity index (χ3n) is 2.59. The van der Waals surface area contributed by atoms with Crippen LogP contribution in [0, 0.1) is 0 Å². The molecule has 0 saturated carbocycles. The molecule has 0 aliphatic carbocycles. The molecule has 0 aliphatic rings. The second-order valence-electron chi connectivity index (χ2n) is 3.62. The summed E-state index contributed by atoms with van der Waals surface area (Å²) in [6, 6.07) is 10.4. The zero-order valence-electron chi connectivity index (χ0n) is 10.4. The van der Waals surface area contributed by atoms with E-state index in [9.17, 15) is 0 Å². The first-order chi connectivity index (χ1) is 8.22. The third kappa shape index (κ3) is 4.17. The molecule has 0 fully saturated rings. The molecule has 1 unspecified atom stereocenters. The fourth-order valence-electron chi connectivity index (χ4n) is 1.56. The molecule has 0 bridgehead atoms. The zero-order chi connectivity index (χ0) is 12.7. The van der Waals surface area contributed by atoms with Crippen molar-refractivity contribution in [3.05, 3.63) is 48.6 Å². The predicted molar refractivity (Wildman–Crippen MR) is 82.5 cm³/mol. The second kappa shape index (κ2) is 7.51. The lowest BCUT2D eigenvalue weighted by Crippen LogP contribution is -2.27. The molecular weight excluding hydrogens is 246 g/mol. The fraction of sp³-hybridized carbons (Fsp3) is 0.357. The van der Waals surface area contributed by atoms with Gasteiger partial charge in [0.15, 0.2) is 0 Å². The van der Waals surface area contributed by atoms with Crippen molar-refractivity contribution in [3.63, 3.8) is 0 Å². The highest BCUT2D eigenvalue weighted by Gasteiger charge is 2.13. The molecule has 1 aromatic carbocycles. The van der Waals surface area contributed by atoms with Crippen molar-refractivity contribution in [1.82, 2.24) is 4.90 Å². The maximum Gasteiger partial charge on any atom is 0.137 e. The van der Waals surface area contributed by atoms with Crippen LogP contribution in [0.1, 0.15) is 24.7 Å². The van der Waals surface area contributed by atoms with Crippen LogP contribution in [0.4, 0.5) is 0 Å². The number of hydrogen-bond acceptors (Lipinski definition) is 2. The summed E-state index contributed by atoms with van der Waals surface area (Å²) in [7, 11) is 0. The smallest absolute Gasteiger partial charge is 0.137 e. The van der Waals surface area contributed by atoms with Gasteiger partial charge in [-0.15, -0.1) is 6.58 Å². The monoisotopic (exact) mass is 265 g/mol. The van der Waals surface area contributed by atoms with Gasteiger partial charge in [-0.1, -0.05) is 60.4 Å². The van der Waals surface area contributed by atoms with Crippen molar-refractivity contribution in [3.8, 4) is 0 Å². The normalized spacial score (nSPS) is 11.9. The Morgan fingerprint density at radius 1 is 1.35 bits per heavy atom. The maximum absolute atomic E-state index is 5.46. The zero-order valence-corrected chi connectivity index (χ0v) is 12.1. The number of thiocarbonyl (C=S) groups is 1. The van der Waals surface area contributed by atoms with E-state index in [-0.39, 0.29) is 5.25 Å². The molecule has 0 amide bonds. The Bertz CT molecular complexity index is 358. The molecule has 0 radical (unpaired) electrons. The summed E-state index contributed by atoms with van der Waals surface area (Å²) in [5.74, 6) is 0. The number of benzene rings is 1. The van der Waals surface area contributed by atoms with Gasteiger partial charge in [-0.05, 0) is 19.4 Å². The Morgan fingerprint density at radius 2 is 1.94 bits per heavy atom. The molecule has 0 N–H and O–H groups in total. The van der Waals surface area contributed by atoms with Gasteiger partial charge in [-0.2, -0.15) is 0 Å². The highest BCUT2D eigenvalue weighted by atomic mass is 32.2. The summed E-state index contributed by atoms with van der Waals surface area (Å²) in [4.78, 5) is 2.19. The molecule has 0 aromatic heterocycles. The Hall–Kier alpha value is -0.800. The summed E-state index contributed by atoms with van der Waals surface area (Å²) in [6.45, 7) is 10.1. The van der Waals surface area contributed by atoms with Gasteiger partial charge in [0.25, 0.3) is 0 Å². The summed E-state index contributed by atoms with van der Waals surface area (Å²) >= 11 is 7.15. The van der Waals surface area contributed by atoms with E-state index in [4.69, 9.17) is 12.2 Å². The molecule has 0 heterocycles. The molecule has 0 saturated heterocycles. The number of hydrogen-bond donors (Lipinski definition) is 0. The molecule has 1 nitrogen and oxygen atoms in total. The Balaban J connectivity index is 2.71. The van der Waals surface area contributed by atoms with Crippen LogP contribution in [0.15, 0.2) is 43.0 Å². The van der Waals surface area contributed by atoms with E-state index < -0.39 is 0 Å². The van der Waals surface area contributed by atoms with E-state index >= 15 is 0 Å². The molecule has 0 aliphatic heterocycles. The Kier molecular flexibility index (Phi) is 6.30. The minimum Gasteiger partial charge on any atom is -0.358 e. The van der Waals surface area contributed by atoms with Crippen LogP contribution in [-0.4, -0.2) is 22.3 Å². The third-order valence-corrected chi connectivity index (χ3v) is 4.32. The minimum atomic E-state index is 0.240. The number of nitrogens with zero attached hydrogens (tertiary/aromatic N) is 1. The Labute approximate surface area is 114 Å². The van der Waals surface area contributed by atoms with Crippen molar-refractivity contribution in [2.24, 2.45) is 0 Å². The molecule has 17 heavy (non-hydrogen) atoms. The van der Waals surface area contributed by atoms with Crippen LogP contribution in [0.25, 0.3) is 0 Å². The SMILES string of the molecule is C=CC(SC(=S)N(CC)CC)c1ccccc1. The predicted octanol–water partition coefficient (Wildman–Crippen LogP) is 4.27. The number of thioether (sulfide) groups is 1. The highest BCUT2D eigenvalue weighted by molar-refractivity contribution is 8.23. The van der Waals surface area contributed by atoms with E-state index in [1.165, 1.54) is 5.56 Å². The van der Waals surface area contributed by atoms with E-state index in [0.29, 0.717) is 0 Å². The van der Waals surface area contributed by atoms with Crippen molar-refractivity contribution in [2.45, 2.75) is 19.1 Å². The van der Waals surface area contributed by atoms with Crippen LogP contribution in [-0.2, 0) is 0 Å². The standard InChI is InChI=1S/C14H19NS2/c1-4-13(12-10-8-7-9-11-12)17-14(16)15(5-2)6-3/h4,7-11,13H,1,5-6H2,2-3H3. The molecule has 0 spiro atoms. The lowest BCUT2D eigenvalue weighted by molar-refractivity contribution is 0.482. The summed E-state index contributed by atoms with van der Waals surface area (Å²) < 4.78 is 0.948. The topological polar surface area (TPSA) is 3.24 Å². The van der Waals surface area contributed by atoms with Crippen LogP contribution in [0.3, 0.4) is 0 Å². The van der Waals surface area contributed by atoms with Gasteiger partial charge in [-0.25, -0.2) is 0 Å². The largest absolute Gasteiger partial charge is 0.358 e. The molecule has 1 aromatic rings. The number of rotatable bonds is 5. The van der Waals surface area contributed by atoms with Crippen molar-refractivity contribution >= 4 is 28.3 Å². The van der Waals surface area contributed by atoms with E-state index in [1.807, 2.05) is 24.3 Å². The molecule has 92 valence electrons. The first-order valence-corrected chi connectivity index (χ1v) is 7.14. The maximum atomic E-state index is 5.46. The molecule has 1 atom stereocenters. The fourth-order valence-corrected chi connectivity index (χ4v) is 3.14. The highest BCUT2D eigenvalue weighted by Crippen LogP contribution is 2.31. The van der Waals surface area contributed by atoms with Crippen LogP contribution < -0.4 is 0 Å². The van der Waals surface area contributed by atoms with Gasteiger partial charge in [0, 0.05) is 13.1 Å². The first-order valence-electron chi connectivity index (χ1n) is 5.86. The van der Waals surface area contributed by atoms with Crippen LogP contribution in [0.5, 0.6) is 0 Å². The molecular formula is C14H19NS2. The van der Waals surface area contributed by atoms with Gasteiger partial charge < -0.3 is 4.90 Å². The van der Waals surface area contributed by atoms with Gasteiger partial charge in [-0.3, -0.25) is 0 Å². The van der Waals surface area contributed by atoms with E-state index in [0.717, 1.165) is 17.4 Å². The first kappa shape index (κ1) is 14.3. The van der Waals surface area contributed by atoms with Crippen LogP contribution >= 0.6 is 24.0 Å². The molecule has 1 rings (SSSR count). The van der Waals surface area contributed by atoms with Gasteiger partial charge in [0.05, 0.1) is 5.25 Å². The van der Waals surface area contributed by atoms with Crippen molar-refractivity contribution in [2.75, 3.05) is 13.1 Å². The second-order valence-corrected chi connectivity index (χ2v) is 5.40. The van der Waals surface area contributed by atoms with Crippen molar-refractivity contribution in [1.29, 1.82) is 0 Å². The minimum absolute atomic E-state index is 0.240. The summed E-state index contributed by atoms with van der Waals surface area (Å²) in [5, 5.41) is 0.240. The molecule has 3 heteroatoms. The quantitative estimate of drug-likeness (QED) is 0.578. The van der Waals surface area contributed by atoms with Crippen LogP contribution in [0.2, 0.25) is 0 Å². The van der Waals surface area contributed by atoms with Gasteiger partial charge >= 0.3 is 0 Å². The Morgan fingerprint density at radius 3 is 2.41 bits per heavy atom. The average Bonchev–Trinajstić information content (AvgIpc) is 2.38. The lowest BCUT2D eigenvalue weighted by Gasteiger charge is -2.23. The summed E-state index contributed by atoms with van der Waals surface area (Å²) in [6.07, 6.45) is 1.95. The van der Waals surface area contributed by atoms with Gasteiger partial charge in [0.1, 0.15) is 4.32 Å². The lowest BCUT2D eigenvalue weighted by atomic mass is 10.1. The van der Waals surface area contributed by atoms with E-state index in [1.54, 1.807) is 11.8 Å². The van der Waals surface area contributed by atoms with Gasteiger partial charge in [0.2, 0.25) is 0 Å². The average molecular weight is 265 g/mol. The summed E-state index contributed by atoms with van der Waals surface area (Å²) in [5.41, 5.74) is 1.25.